The van der Waals surface area contributed by atoms with Gasteiger partial charge in [-0.05, 0) is 117 Å². The number of amides is 1. The van der Waals surface area contributed by atoms with E-state index < -0.39 is 11.5 Å². The van der Waals surface area contributed by atoms with E-state index in [1.807, 2.05) is 65.6 Å². The van der Waals surface area contributed by atoms with Gasteiger partial charge < -0.3 is 34.9 Å². The van der Waals surface area contributed by atoms with Gasteiger partial charge in [0.1, 0.15) is 17.6 Å². The van der Waals surface area contributed by atoms with E-state index in [-0.39, 0.29) is 35.7 Å². The first-order valence-corrected chi connectivity index (χ1v) is 21.6. The zero-order valence-corrected chi connectivity index (χ0v) is 34.2. The van der Waals surface area contributed by atoms with Crippen LogP contribution in [0.15, 0.2) is 108 Å². The number of piperidine rings is 4. The molecule has 2 bridgehead atoms. The molecule has 0 saturated carbocycles. The van der Waals surface area contributed by atoms with Gasteiger partial charge >= 0.3 is 5.97 Å². The zero-order valence-electron chi connectivity index (χ0n) is 34.2. The lowest BCUT2D eigenvalue weighted by molar-refractivity contribution is -0.168. The van der Waals surface area contributed by atoms with Crippen molar-refractivity contribution in [2.75, 3.05) is 52.4 Å². The molecule has 9 rings (SSSR count). The molecule has 1 aromatic heterocycles. The number of carbonyl (C=O) groups is 2. The van der Waals surface area contributed by atoms with Crippen molar-refractivity contribution in [3.05, 3.63) is 130 Å². The third-order valence-corrected chi connectivity index (χ3v) is 12.9. The number of phenolic OH excluding ortho intramolecular Hbond substituents is 1. The molecule has 2 atom stereocenters. The first kappa shape index (κ1) is 41.3. The number of rotatable bonds is 16. The molecule has 0 spiro atoms. The molecular formula is C49H56N4O7. The van der Waals surface area contributed by atoms with Crippen LogP contribution < -0.4 is 15.6 Å². The highest BCUT2D eigenvalue weighted by Gasteiger charge is 2.47. The van der Waals surface area contributed by atoms with Crippen LogP contribution in [0.1, 0.15) is 67.7 Å². The number of aliphatic hydroxyl groups is 1. The quantitative estimate of drug-likeness (QED) is 0.0648. The molecule has 0 aliphatic carbocycles. The lowest BCUT2D eigenvalue weighted by Crippen LogP contribution is -2.55. The molecule has 1 amide bonds. The summed E-state index contributed by atoms with van der Waals surface area (Å²) < 4.78 is 12.7. The summed E-state index contributed by atoms with van der Waals surface area (Å²) in [6, 6.07) is 32.3. The number of ether oxygens (including phenoxy) is 2. The molecule has 4 aliphatic heterocycles. The van der Waals surface area contributed by atoms with Crippen LogP contribution >= 0.6 is 0 Å². The summed E-state index contributed by atoms with van der Waals surface area (Å²) in [6.07, 6.45) is 5.30. The fourth-order valence-corrected chi connectivity index (χ4v) is 9.35. The van der Waals surface area contributed by atoms with Crippen LogP contribution in [0.25, 0.3) is 22.0 Å². The minimum atomic E-state index is -0.800. The number of aliphatic hydroxyl groups excluding tert-OH is 1. The van der Waals surface area contributed by atoms with E-state index in [0.29, 0.717) is 61.5 Å². The number of esters is 1. The number of phenols is 1. The van der Waals surface area contributed by atoms with Gasteiger partial charge in [-0.25, -0.2) is 0 Å². The van der Waals surface area contributed by atoms with E-state index in [1.165, 1.54) is 12.1 Å². The highest BCUT2D eigenvalue weighted by molar-refractivity contribution is 5.87. The first-order valence-electron chi connectivity index (χ1n) is 21.6. The number of aromatic hydroxyl groups is 1. The smallest absolute Gasteiger partial charge is 0.317 e. The van der Waals surface area contributed by atoms with Gasteiger partial charge in [-0.15, -0.1) is 0 Å². The number of aromatic nitrogens is 1. The van der Waals surface area contributed by atoms with Crippen LogP contribution in [0, 0.1) is 5.92 Å². The monoisotopic (exact) mass is 812 g/mol. The molecule has 2 unspecified atom stereocenters. The number of fused-ring (bicyclic) bond motifs is 4. The Labute approximate surface area is 351 Å². The van der Waals surface area contributed by atoms with Crippen LogP contribution in [-0.2, 0) is 26.2 Å². The first-order chi connectivity index (χ1) is 29.3. The zero-order chi connectivity index (χ0) is 41.5. The minimum absolute atomic E-state index is 0.0317. The molecule has 4 N–H and O–H groups in total. The lowest BCUT2D eigenvalue weighted by atomic mass is 9.72. The van der Waals surface area contributed by atoms with E-state index in [1.54, 1.807) is 12.1 Å². The van der Waals surface area contributed by atoms with Crippen molar-refractivity contribution >= 4 is 22.8 Å². The van der Waals surface area contributed by atoms with Crippen molar-refractivity contribution in [1.29, 1.82) is 0 Å². The van der Waals surface area contributed by atoms with Crippen LogP contribution in [0.4, 0.5) is 0 Å². The van der Waals surface area contributed by atoms with Crippen molar-refractivity contribution in [3.63, 3.8) is 0 Å². The van der Waals surface area contributed by atoms with Crippen molar-refractivity contribution < 1.29 is 29.3 Å². The predicted octanol–water partition coefficient (Wildman–Crippen LogP) is 6.51. The second kappa shape index (κ2) is 18.8. The van der Waals surface area contributed by atoms with Crippen molar-refractivity contribution in [2.45, 2.75) is 69.0 Å². The van der Waals surface area contributed by atoms with E-state index in [2.05, 4.69) is 33.4 Å². The fraction of sp³-hybridized carbons (Fsp3) is 0.408. The number of H-pyrrole nitrogens is 1. The molecule has 11 nitrogen and oxygen atoms in total. The molecule has 4 aliphatic rings. The van der Waals surface area contributed by atoms with Crippen molar-refractivity contribution in [2.24, 2.45) is 5.92 Å². The fourth-order valence-electron chi connectivity index (χ4n) is 9.35. The van der Waals surface area contributed by atoms with Gasteiger partial charge in [0.15, 0.2) is 0 Å². The van der Waals surface area contributed by atoms with Gasteiger partial charge in [0.25, 0.3) is 0 Å². The Balaban J connectivity index is 0.832. The maximum Gasteiger partial charge on any atom is 0.317 e. The average molecular weight is 813 g/mol. The van der Waals surface area contributed by atoms with Crippen molar-refractivity contribution in [1.82, 2.24) is 20.1 Å². The number of unbranched alkanes of at least 4 members (excludes halogenated alkanes) is 2. The van der Waals surface area contributed by atoms with E-state index in [4.69, 9.17) is 9.47 Å². The maximum atomic E-state index is 14.1. The topological polar surface area (TPSA) is 144 Å². The Morgan fingerprint density at radius 3 is 2.35 bits per heavy atom. The number of nitrogens with one attached hydrogen (secondary N) is 2. The molecular weight excluding hydrogens is 757 g/mol. The summed E-state index contributed by atoms with van der Waals surface area (Å²) in [5, 5.41) is 24.9. The highest BCUT2D eigenvalue weighted by atomic mass is 16.5. The number of nitrogens with zero attached hydrogens (tertiary/aromatic N) is 2. The molecule has 4 aromatic carbocycles. The van der Waals surface area contributed by atoms with Crippen LogP contribution in [0.5, 0.6) is 11.5 Å². The predicted molar refractivity (Wildman–Crippen MR) is 232 cm³/mol. The van der Waals surface area contributed by atoms with Gasteiger partial charge in [-0.1, -0.05) is 72.8 Å². The Bertz CT molecular complexity index is 2300. The molecule has 4 fully saturated rings. The Kier molecular flexibility index (Phi) is 12.9. The molecule has 4 saturated heterocycles. The van der Waals surface area contributed by atoms with Crippen LogP contribution in [0.3, 0.4) is 0 Å². The van der Waals surface area contributed by atoms with E-state index in [9.17, 15) is 24.6 Å². The summed E-state index contributed by atoms with van der Waals surface area (Å²) in [5.41, 5.74) is 3.73. The Hall–Kier alpha value is -5.49. The third-order valence-electron chi connectivity index (χ3n) is 12.9. The molecule has 0 radical (unpaired) electrons. The number of hydrogen-bond donors (Lipinski definition) is 4. The standard InChI is InChI=1S/C49H56N4O7/c54-41-17-15-38(39-16-19-45(56)51-47(39)41)42(55)32-50-24-8-3-9-29-59-43-18-14-34(30-40(43)35-10-4-1-5-11-35)31-46(57)53-27-22-49(23-28-53,37-12-6-2-7-13-37)48(58)60-44-33-52-25-20-36(44)21-26-52/h1-2,4-7,10-19,30,36,42,44,50,54-55H,3,8-9,20-29,31-33H2,(H,51,56). The van der Waals surface area contributed by atoms with Gasteiger partial charge in [-0.3, -0.25) is 19.3 Å². The van der Waals surface area contributed by atoms with Gasteiger partial charge in [0.2, 0.25) is 11.5 Å². The Morgan fingerprint density at radius 1 is 0.867 bits per heavy atom. The van der Waals surface area contributed by atoms with Gasteiger partial charge in [-0.2, -0.15) is 0 Å². The summed E-state index contributed by atoms with van der Waals surface area (Å²) in [4.78, 5) is 46.7. The molecule has 60 heavy (non-hydrogen) atoms. The highest BCUT2D eigenvalue weighted by Crippen LogP contribution is 2.40. The van der Waals surface area contributed by atoms with Gasteiger partial charge in [0.05, 0.1) is 30.1 Å². The number of pyridine rings is 1. The van der Waals surface area contributed by atoms with Gasteiger partial charge in [0, 0.05) is 43.2 Å². The van der Waals surface area contributed by atoms with Crippen molar-refractivity contribution in [3.8, 4) is 22.6 Å². The molecule has 5 heterocycles. The second-order valence-electron chi connectivity index (χ2n) is 16.7. The van der Waals surface area contributed by atoms with E-state index in [0.717, 1.165) is 86.3 Å². The summed E-state index contributed by atoms with van der Waals surface area (Å²) in [7, 11) is 0. The third kappa shape index (κ3) is 9.28. The SMILES string of the molecule is O=C(Cc1ccc(OCCCCCNCC(O)c2ccc(O)c3[nH]c(=O)ccc23)c(-c2ccccc2)c1)N1CCC(C(=O)OC2CN3CCC2CC3)(c2ccccc2)CC1. The minimum Gasteiger partial charge on any atom is -0.506 e. The number of benzene rings is 4. The summed E-state index contributed by atoms with van der Waals surface area (Å²) in [5.74, 6) is 1.08. The normalized spacial score (nSPS) is 20.1. The summed E-state index contributed by atoms with van der Waals surface area (Å²) >= 11 is 0. The summed E-state index contributed by atoms with van der Waals surface area (Å²) in [6.45, 7) is 5.58. The number of hydrogen-bond acceptors (Lipinski definition) is 9. The largest absolute Gasteiger partial charge is 0.506 e. The number of likely N-dealkylation sites (tertiary alicyclic amines) is 1. The second-order valence-corrected chi connectivity index (χ2v) is 16.7. The van der Waals surface area contributed by atoms with Crippen LogP contribution in [-0.4, -0.2) is 95.4 Å². The van der Waals surface area contributed by atoms with Crippen LogP contribution in [0.2, 0.25) is 0 Å². The van der Waals surface area contributed by atoms with E-state index >= 15 is 0 Å². The Morgan fingerprint density at radius 2 is 1.62 bits per heavy atom. The average Bonchev–Trinajstić information content (AvgIpc) is 3.28. The maximum absolute atomic E-state index is 14.1. The number of aromatic amines is 1. The number of carbonyl (C=O) groups excluding carboxylic acids is 2. The lowest BCUT2D eigenvalue weighted by Gasteiger charge is -2.46. The molecule has 5 aromatic rings. The molecule has 314 valence electrons. The molecule has 11 heteroatoms.